The van der Waals surface area contributed by atoms with Gasteiger partial charge in [0.05, 0.1) is 22.8 Å². The van der Waals surface area contributed by atoms with Crippen LogP contribution in [0.4, 0.5) is 5.69 Å². The summed E-state index contributed by atoms with van der Waals surface area (Å²) in [6, 6.07) is 9.60. The average Bonchev–Trinajstić information content (AvgIpc) is 3.09. The van der Waals surface area contributed by atoms with E-state index in [1.165, 1.54) is 6.07 Å². The maximum absolute atomic E-state index is 12.8. The molecule has 144 valence electrons. The van der Waals surface area contributed by atoms with E-state index in [1.54, 1.807) is 30.3 Å². The lowest BCUT2D eigenvalue weighted by atomic mass is 9.72. The predicted octanol–water partition coefficient (Wildman–Crippen LogP) is 4.53. The normalized spacial score (nSPS) is 21.3. The van der Waals surface area contributed by atoms with Crippen molar-refractivity contribution in [2.75, 3.05) is 0 Å². The summed E-state index contributed by atoms with van der Waals surface area (Å²) >= 11 is 0. The van der Waals surface area contributed by atoms with Gasteiger partial charge in [0.25, 0.3) is 5.69 Å². The number of para-hydroxylation sites is 1. The molecule has 1 aromatic carbocycles. The minimum atomic E-state index is -0.531. The molecular formula is C21H19NO6. The van der Waals surface area contributed by atoms with E-state index in [-0.39, 0.29) is 23.3 Å². The third-order valence-electron chi connectivity index (χ3n) is 5.17. The van der Waals surface area contributed by atoms with E-state index in [2.05, 4.69) is 0 Å². The fourth-order valence-corrected chi connectivity index (χ4v) is 3.97. The second kappa shape index (κ2) is 6.44. The zero-order valence-corrected chi connectivity index (χ0v) is 15.6. The molecule has 2 aliphatic rings. The summed E-state index contributed by atoms with van der Waals surface area (Å²) in [5.74, 6) is 0.199. The number of hydrogen-bond donors (Lipinski definition) is 0. The van der Waals surface area contributed by atoms with E-state index < -0.39 is 16.8 Å². The van der Waals surface area contributed by atoms with Crippen molar-refractivity contribution < 1.29 is 23.7 Å². The van der Waals surface area contributed by atoms with Crippen LogP contribution in [0, 0.1) is 15.5 Å². The molecule has 0 fully saturated rings. The van der Waals surface area contributed by atoms with E-state index in [9.17, 15) is 19.7 Å². The molecule has 0 saturated carbocycles. The number of ether oxygens (including phenoxy) is 1. The van der Waals surface area contributed by atoms with Crippen molar-refractivity contribution in [2.24, 2.45) is 5.41 Å². The van der Waals surface area contributed by atoms with Crippen molar-refractivity contribution in [1.29, 1.82) is 0 Å². The molecule has 0 bridgehead atoms. The van der Waals surface area contributed by atoms with Crippen molar-refractivity contribution >= 4 is 17.4 Å². The fraction of sp³-hybridized carbons (Fsp3) is 0.333. The largest absolute Gasteiger partial charge is 0.460 e. The summed E-state index contributed by atoms with van der Waals surface area (Å²) in [4.78, 5) is 35.7. The van der Waals surface area contributed by atoms with Gasteiger partial charge in [0, 0.05) is 24.5 Å². The number of nitrogens with zero attached hydrogens (tertiary/aromatic N) is 1. The number of carbonyl (C=O) groups is 2. The maximum atomic E-state index is 12.8. The summed E-state index contributed by atoms with van der Waals surface area (Å²) in [6.07, 6.45) is 0.889. The summed E-state index contributed by atoms with van der Waals surface area (Å²) in [7, 11) is 0. The van der Waals surface area contributed by atoms with Crippen molar-refractivity contribution in [1.82, 2.24) is 0 Å². The van der Waals surface area contributed by atoms with Crippen LogP contribution in [0.25, 0.3) is 11.3 Å². The van der Waals surface area contributed by atoms with Gasteiger partial charge >= 0.3 is 5.97 Å². The third kappa shape index (κ3) is 3.13. The number of nitro groups is 1. The highest BCUT2D eigenvalue weighted by molar-refractivity contribution is 6.00. The second-order valence-corrected chi connectivity index (χ2v) is 7.98. The van der Waals surface area contributed by atoms with Gasteiger partial charge in [0.2, 0.25) is 0 Å². The van der Waals surface area contributed by atoms with Crippen molar-refractivity contribution in [2.45, 2.75) is 39.0 Å². The number of allylic oxidation sites excluding steroid dienone is 2. The van der Waals surface area contributed by atoms with E-state index in [1.807, 2.05) is 13.8 Å². The van der Waals surface area contributed by atoms with Crippen LogP contribution in [0.3, 0.4) is 0 Å². The first-order valence-corrected chi connectivity index (χ1v) is 9.05. The Morgan fingerprint density at radius 2 is 1.86 bits per heavy atom. The smallest absolute Gasteiger partial charge is 0.311 e. The lowest BCUT2D eigenvalue weighted by Crippen LogP contribution is -2.33. The van der Waals surface area contributed by atoms with Crippen LogP contribution in [-0.2, 0) is 14.3 Å². The van der Waals surface area contributed by atoms with Gasteiger partial charge in [-0.05, 0) is 23.6 Å². The monoisotopic (exact) mass is 381 g/mol. The van der Waals surface area contributed by atoms with Crippen molar-refractivity contribution in [3.8, 4) is 11.3 Å². The molecule has 1 atom stereocenters. The number of Topliss-reactive ketones (excluding diaryl/α,β-unsaturated/α-hetero) is 1. The van der Waals surface area contributed by atoms with Crippen LogP contribution in [0.2, 0.25) is 0 Å². The molecule has 1 aromatic heterocycles. The van der Waals surface area contributed by atoms with E-state index in [0.717, 1.165) is 0 Å². The number of ketones is 1. The Morgan fingerprint density at radius 3 is 2.61 bits per heavy atom. The first-order chi connectivity index (χ1) is 13.2. The van der Waals surface area contributed by atoms with E-state index in [0.29, 0.717) is 41.3 Å². The van der Waals surface area contributed by atoms with Gasteiger partial charge in [-0.15, -0.1) is 0 Å². The molecule has 7 heteroatoms. The Hall–Kier alpha value is -3.22. The zero-order valence-electron chi connectivity index (χ0n) is 15.6. The third-order valence-corrected chi connectivity index (χ3v) is 5.17. The average molecular weight is 381 g/mol. The quantitative estimate of drug-likeness (QED) is 0.440. The Balaban J connectivity index is 1.75. The highest BCUT2D eigenvalue weighted by Gasteiger charge is 2.43. The molecule has 0 radical (unpaired) electrons. The SMILES string of the molecule is CC1(C)CC(=O)C2=C(C1)OC(=O)CC2c1ccc(-c2ccccc2[N+](=O)[O-])o1. The molecular weight excluding hydrogens is 362 g/mol. The lowest BCUT2D eigenvalue weighted by Gasteiger charge is -2.35. The summed E-state index contributed by atoms with van der Waals surface area (Å²) in [5.41, 5.74) is 0.503. The number of hydrogen-bond acceptors (Lipinski definition) is 6. The molecule has 2 heterocycles. The van der Waals surface area contributed by atoms with Crippen molar-refractivity contribution in [3.05, 3.63) is 63.6 Å². The van der Waals surface area contributed by atoms with Crippen molar-refractivity contribution in [3.63, 3.8) is 0 Å². The number of esters is 1. The lowest BCUT2D eigenvalue weighted by molar-refractivity contribution is -0.384. The molecule has 1 unspecified atom stereocenters. The van der Waals surface area contributed by atoms with Gasteiger partial charge in [0.1, 0.15) is 17.3 Å². The second-order valence-electron chi connectivity index (χ2n) is 7.98. The minimum absolute atomic E-state index is 0.00877. The molecule has 0 spiro atoms. The molecule has 4 rings (SSSR count). The summed E-state index contributed by atoms with van der Waals surface area (Å²) < 4.78 is 11.3. The number of carbonyl (C=O) groups excluding carboxylic acids is 2. The molecule has 0 N–H and O–H groups in total. The Bertz CT molecular complexity index is 1030. The number of furan rings is 1. The Kier molecular flexibility index (Phi) is 4.18. The molecule has 1 aliphatic heterocycles. The predicted molar refractivity (Wildman–Crippen MR) is 99.3 cm³/mol. The van der Waals surface area contributed by atoms with Crippen LogP contribution in [0.5, 0.6) is 0 Å². The van der Waals surface area contributed by atoms with Crippen LogP contribution in [0.1, 0.15) is 44.8 Å². The summed E-state index contributed by atoms with van der Waals surface area (Å²) in [5, 5.41) is 11.3. The highest BCUT2D eigenvalue weighted by atomic mass is 16.6. The fourth-order valence-electron chi connectivity index (χ4n) is 3.97. The van der Waals surface area contributed by atoms with Crippen LogP contribution in [0.15, 0.2) is 52.1 Å². The number of rotatable bonds is 3. The van der Waals surface area contributed by atoms with Crippen LogP contribution < -0.4 is 0 Å². The maximum Gasteiger partial charge on any atom is 0.311 e. The van der Waals surface area contributed by atoms with E-state index >= 15 is 0 Å². The number of nitro benzene ring substituents is 1. The molecule has 7 nitrogen and oxygen atoms in total. The highest BCUT2D eigenvalue weighted by Crippen LogP contribution is 2.46. The first-order valence-electron chi connectivity index (χ1n) is 9.05. The molecule has 2 aromatic rings. The topological polar surface area (TPSA) is 99.7 Å². The molecule has 1 aliphatic carbocycles. The minimum Gasteiger partial charge on any atom is -0.460 e. The molecule has 28 heavy (non-hydrogen) atoms. The van der Waals surface area contributed by atoms with Gasteiger partial charge in [-0.2, -0.15) is 0 Å². The first kappa shape index (κ1) is 18.2. The molecule has 0 amide bonds. The van der Waals surface area contributed by atoms with Gasteiger partial charge in [-0.3, -0.25) is 19.7 Å². The summed E-state index contributed by atoms with van der Waals surface area (Å²) in [6.45, 7) is 3.93. The van der Waals surface area contributed by atoms with Gasteiger partial charge in [0.15, 0.2) is 5.78 Å². The Labute approximate surface area is 161 Å². The Morgan fingerprint density at radius 1 is 1.11 bits per heavy atom. The van der Waals surface area contributed by atoms with Crippen LogP contribution in [-0.4, -0.2) is 16.7 Å². The van der Waals surface area contributed by atoms with Gasteiger partial charge in [-0.25, -0.2) is 0 Å². The standard InChI is InChI=1S/C21H19NO6/c1-21(2)10-15(23)20-13(9-19(24)28-18(20)11-21)17-8-7-16(27-17)12-5-3-4-6-14(12)22(25)26/h3-8,13H,9-11H2,1-2H3. The zero-order chi connectivity index (χ0) is 20.1. The number of benzene rings is 1. The van der Waals surface area contributed by atoms with E-state index in [4.69, 9.17) is 9.15 Å². The molecule has 0 saturated heterocycles. The van der Waals surface area contributed by atoms with Crippen LogP contribution >= 0.6 is 0 Å². The van der Waals surface area contributed by atoms with Gasteiger partial charge < -0.3 is 9.15 Å². The van der Waals surface area contributed by atoms with Gasteiger partial charge in [-0.1, -0.05) is 26.0 Å².